The van der Waals surface area contributed by atoms with Crippen LogP contribution in [0.1, 0.15) is 19.4 Å². The average molecular weight is 324 g/mol. The van der Waals surface area contributed by atoms with Crippen LogP contribution >= 0.6 is 0 Å². The molecule has 1 heterocycles. The van der Waals surface area contributed by atoms with Crippen LogP contribution in [0.4, 0.5) is 10.2 Å². The number of nitrogens with zero attached hydrogens (tertiary/aromatic N) is 2. The molecule has 0 radical (unpaired) electrons. The van der Waals surface area contributed by atoms with E-state index in [9.17, 15) is 4.39 Å². The molecule has 2 aromatic rings. The Bertz CT molecular complexity index is 749. The highest BCUT2D eigenvalue weighted by Crippen LogP contribution is 2.26. The van der Waals surface area contributed by atoms with E-state index in [0.29, 0.717) is 11.3 Å². The van der Waals surface area contributed by atoms with Crippen LogP contribution < -0.4 is 5.73 Å². The molecule has 0 aliphatic heterocycles. The number of allylic oxidation sites excluding steroid dienone is 4. The smallest absolute Gasteiger partial charge is 0.156 e. The minimum Gasteiger partial charge on any atom is -0.382 e. The van der Waals surface area contributed by atoms with Gasteiger partial charge in [0.1, 0.15) is 5.83 Å². The van der Waals surface area contributed by atoms with Gasteiger partial charge in [-0.05, 0) is 23.8 Å². The highest BCUT2D eigenvalue weighted by molar-refractivity contribution is 5.77. The quantitative estimate of drug-likeness (QED) is 0.611. The van der Waals surface area contributed by atoms with Gasteiger partial charge in [-0.25, -0.2) is 4.39 Å². The van der Waals surface area contributed by atoms with Crippen molar-refractivity contribution in [2.24, 2.45) is 0 Å². The zero-order valence-corrected chi connectivity index (χ0v) is 13.8. The van der Waals surface area contributed by atoms with Gasteiger partial charge < -0.3 is 11.1 Å². The lowest BCUT2D eigenvalue weighted by Gasteiger charge is -2.05. The van der Waals surface area contributed by atoms with Crippen LogP contribution in [0.5, 0.6) is 0 Å². The van der Waals surface area contributed by atoms with Gasteiger partial charge in [0.15, 0.2) is 5.82 Å². The van der Waals surface area contributed by atoms with Gasteiger partial charge in [-0.2, -0.15) is 0 Å². The van der Waals surface area contributed by atoms with E-state index in [-0.39, 0.29) is 11.4 Å². The van der Waals surface area contributed by atoms with E-state index in [0.717, 1.165) is 11.8 Å². The largest absolute Gasteiger partial charge is 0.382 e. The summed E-state index contributed by atoms with van der Waals surface area (Å²) in [5.41, 5.74) is 7.69. The lowest BCUT2D eigenvalue weighted by atomic mass is 10.1. The van der Waals surface area contributed by atoms with Crippen molar-refractivity contribution in [1.29, 1.82) is 5.41 Å². The molecule has 0 saturated carbocycles. The Morgan fingerprint density at radius 3 is 2.46 bits per heavy atom. The maximum atomic E-state index is 14.4. The van der Waals surface area contributed by atoms with E-state index in [1.807, 2.05) is 44.2 Å². The molecule has 0 spiro atoms. The standard InChI is InChI=1S/C17H15FN4.C2H6/c1-2-12(8-9-19)10-15(18)14-11-16(21-22-17(14)20)13-6-4-3-5-7-13;1-2/h2-11,19H,1H2,(H2,20,22);1-2H3/b12-8+,15-10-,19-9?;. The molecule has 0 fully saturated rings. The van der Waals surface area contributed by atoms with Crippen molar-refractivity contribution in [1.82, 2.24) is 10.2 Å². The Hall–Kier alpha value is -3.08. The van der Waals surface area contributed by atoms with Crippen molar-refractivity contribution in [2.45, 2.75) is 13.8 Å². The molecule has 0 saturated heterocycles. The van der Waals surface area contributed by atoms with Crippen LogP contribution in [0.3, 0.4) is 0 Å². The summed E-state index contributed by atoms with van der Waals surface area (Å²) in [4.78, 5) is 0. The number of hydrogen-bond acceptors (Lipinski definition) is 4. The van der Waals surface area contributed by atoms with Gasteiger partial charge in [-0.15, -0.1) is 10.2 Å². The summed E-state index contributed by atoms with van der Waals surface area (Å²) in [6.07, 6.45) is 5.19. The molecule has 1 aromatic carbocycles. The molecule has 0 aliphatic rings. The first-order valence-corrected chi connectivity index (χ1v) is 7.55. The van der Waals surface area contributed by atoms with Gasteiger partial charge >= 0.3 is 0 Å². The number of benzene rings is 1. The fourth-order valence-electron chi connectivity index (χ4n) is 1.84. The van der Waals surface area contributed by atoms with E-state index in [2.05, 4.69) is 16.8 Å². The molecule has 3 N–H and O–H groups in total. The van der Waals surface area contributed by atoms with Crippen molar-refractivity contribution >= 4 is 17.9 Å². The highest BCUT2D eigenvalue weighted by Gasteiger charge is 2.10. The second kappa shape index (κ2) is 9.84. The predicted molar refractivity (Wildman–Crippen MR) is 99.4 cm³/mol. The van der Waals surface area contributed by atoms with Crippen molar-refractivity contribution in [3.8, 4) is 11.3 Å². The fraction of sp³-hybridized carbons (Fsp3) is 0.105. The third-order valence-corrected chi connectivity index (χ3v) is 2.95. The first-order chi connectivity index (χ1) is 11.7. The molecular formula is C19H21FN4. The second-order valence-electron chi connectivity index (χ2n) is 4.42. The predicted octanol–water partition coefficient (Wildman–Crippen LogP) is 4.82. The van der Waals surface area contributed by atoms with Gasteiger partial charge in [-0.3, -0.25) is 0 Å². The second-order valence-corrected chi connectivity index (χ2v) is 4.42. The first kappa shape index (κ1) is 19.0. The van der Waals surface area contributed by atoms with Gasteiger partial charge in [0.05, 0.1) is 11.3 Å². The number of halogens is 1. The van der Waals surface area contributed by atoms with Crippen molar-refractivity contribution in [3.63, 3.8) is 0 Å². The SMILES string of the molecule is C=CC(/C=C(\F)c1cc(-c2ccccc2)nnc1N)=C\C=N.CC. The summed E-state index contributed by atoms with van der Waals surface area (Å²) < 4.78 is 14.4. The molecule has 0 bridgehead atoms. The molecule has 2 rings (SSSR count). The summed E-state index contributed by atoms with van der Waals surface area (Å²) in [7, 11) is 0. The molecule has 5 heteroatoms. The molecule has 0 unspecified atom stereocenters. The van der Waals surface area contributed by atoms with Crippen molar-refractivity contribution in [2.75, 3.05) is 5.73 Å². The maximum Gasteiger partial charge on any atom is 0.156 e. The monoisotopic (exact) mass is 324 g/mol. The van der Waals surface area contributed by atoms with E-state index in [4.69, 9.17) is 11.1 Å². The van der Waals surface area contributed by atoms with Gasteiger partial charge in [-0.1, -0.05) is 56.8 Å². The number of rotatable bonds is 5. The van der Waals surface area contributed by atoms with E-state index in [1.54, 1.807) is 6.07 Å². The Morgan fingerprint density at radius 2 is 1.88 bits per heavy atom. The number of nitrogen functional groups attached to an aromatic ring is 1. The summed E-state index contributed by atoms with van der Waals surface area (Å²) in [6, 6.07) is 10.9. The summed E-state index contributed by atoms with van der Waals surface area (Å²) in [5, 5.41) is 14.8. The topological polar surface area (TPSA) is 75.7 Å². The molecule has 124 valence electrons. The minimum absolute atomic E-state index is 0.00620. The third kappa shape index (κ3) is 4.98. The first-order valence-electron chi connectivity index (χ1n) is 7.55. The lowest BCUT2D eigenvalue weighted by Crippen LogP contribution is -2.00. The van der Waals surface area contributed by atoms with E-state index in [1.165, 1.54) is 18.2 Å². The lowest BCUT2D eigenvalue weighted by molar-refractivity contribution is 0.758. The average Bonchev–Trinajstić information content (AvgIpc) is 2.64. The molecule has 24 heavy (non-hydrogen) atoms. The molecular weight excluding hydrogens is 303 g/mol. The van der Waals surface area contributed by atoms with Gasteiger partial charge in [0.2, 0.25) is 0 Å². The van der Waals surface area contributed by atoms with E-state index >= 15 is 0 Å². The fourth-order valence-corrected chi connectivity index (χ4v) is 1.84. The highest BCUT2D eigenvalue weighted by atomic mass is 19.1. The minimum atomic E-state index is -0.558. The summed E-state index contributed by atoms with van der Waals surface area (Å²) >= 11 is 0. The molecule has 4 nitrogen and oxygen atoms in total. The van der Waals surface area contributed by atoms with Crippen molar-refractivity contribution in [3.05, 3.63) is 72.3 Å². The Labute approximate surface area is 141 Å². The number of hydrogen-bond donors (Lipinski definition) is 2. The maximum absolute atomic E-state index is 14.4. The normalized spacial score (nSPS) is 11.3. The Morgan fingerprint density at radius 1 is 1.21 bits per heavy atom. The summed E-state index contributed by atoms with van der Waals surface area (Å²) in [6.45, 7) is 7.57. The van der Waals surface area contributed by atoms with E-state index < -0.39 is 5.83 Å². The number of aromatic nitrogens is 2. The van der Waals surface area contributed by atoms with Crippen LogP contribution in [0.15, 0.2) is 66.8 Å². The Balaban J connectivity index is 0.00000139. The Kier molecular flexibility index (Phi) is 7.78. The van der Waals surface area contributed by atoms with Crippen LogP contribution in [0.25, 0.3) is 17.1 Å². The van der Waals surface area contributed by atoms with Crippen LogP contribution in [0, 0.1) is 5.41 Å². The van der Waals surface area contributed by atoms with Gasteiger partial charge in [0.25, 0.3) is 0 Å². The molecule has 0 amide bonds. The zero-order valence-electron chi connectivity index (χ0n) is 13.8. The zero-order chi connectivity index (χ0) is 17.9. The van der Waals surface area contributed by atoms with Crippen molar-refractivity contribution < 1.29 is 4.39 Å². The molecule has 0 atom stereocenters. The molecule has 0 aliphatic carbocycles. The van der Waals surface area contributed by atoms with Crippen LogP contribution in [-0.2, 0) is 0 Å². The number of nitrogens with two attached hydrogens (primary N) is 1. The van der Waals surface area contributed by atoms with Gasteiger partial charge in [0, 0.05) is 11.8 Å². The van der Waals surface area contributed by atoms with Crippen LogP contribution in [-0.4, -0.2) is 16.4 Å². The molecule has 1 aromatic heterocycles. The number of anilines is 1. The van der Waals surface area contributed by atoms with Crippen LogP contribution in [0.2, 0.25) is 0 Å². The summed E-state index contributed by atoms with van der Waals surface area (Å²) in [5.74, 6) is -0.552. The third-order valence-electron chi connectivity index (χ3n) is 2.95. The number of nitrogens with one attached hydrogen (secondary N) is 1.